The van der Waals surface area contributed by atoms with Crippen LogP contribution in [0.5, 0.6) is 0 Å². The second-order valence-corrected chi connectivity index (χ2v) is 6.29. The van der Waals surface area contributed by atoms with Gasteiger partial charge in [0.1, 0.15) is 0 Å². The van der Waals surface area contributed by atoms with Gasteiger partial charge in [-0.1, -0.05) is 18.2 Å². The number of hydrogen-bond acceptors (Lipinski definition) is 5. The van der Waals surface area contributed by atoms with E-state index < -0.39 is 10.8 Å². The van der Waals surface area contributed by atoms with Gasteiger partial charge >= 0.3 is 0 Å². The third-order valence-corrected chi connectivity index (χ3v) is 3.82. The fraction of sp³-hybridized carbons (Fsp3) is 0.167. The quantitative estimate of drug-likeness (QED) is 0.464. The van der Waals surface area contributed by atoms with Gasteiger partial charge in [-0.2, -0.15) is 0 Å². The van der Waals surface area contributed by atoms with Crippen LogP contribution in [0.25, 0.3) is 0 Å². The highest BCUT2D eigenvalue weighted by atomic mass is 32.1. The van der Waals surface area contributed by atoms with Crippen LogP contribution in [0.1, 0.15) is 15.9 Å². The number of rotatable bonds is 5. The molecule has 0 saturated heterocycles. The number of amides is 2. The van der Waals surface area contributed by atoms with E-state index in [1.54, 1.807) is 38.4 Å². The number of benzene rings is 2. The average molecular weight is 386 g/mol. The minimum Gasteiger partial charge on any atom is -0.349 e. The van der Waals surface area contributed by atoms with Crippen molar-refractivity contribution in [3.8, 4) is 0 Å². The number of carbonyl (C=O) groups excluding carboxylic acids is 2. The number of nitrogens with one attached hydrogen (secondary N) is 2. The first-order chi connectivity index (χ1) is 12.8. The predicted molar refractivity (Wildman–Crippen MR) is 106 cm³/mol. The average Bonchev–Trinajstić information content (AvgIpc) is 2.63. The van der Waals surface area contributed by atoms with Gasteiger partial charge in [-0.25, -0.2) is 0 Å². The van der Waals surface area contributed by atoms with Gasteiger partial charge in [0, 0.05) is 37.5 Å². The lowest BCUT2D eigenvalue weighted by atomic mass is 10.1. The third-order valence-electron chi connectivity index (χ3n) is 3.61. The Labute approximate surface area is 161 Å². The number of nitrogens with zero attached hydrogens (tertiary/aromatic N) is 2. The Balaban J connectivity index is 1.95. The molecular weight excluding hydrogens is 368 g/mol. The molecule has 27 heavy (non-hydrogen) atoms. The molecule has 0 saturated carbocycles. The summed E-state index contributed by atoms with van der Waals surface area (Å²) in [5, 5.41) is 16.2. The number of nitro groups is 1. The Morgan fingerprint density at radius 1 is 1.15 bits per heavy atom. The number of non-ortho nitro benzene ring substituents is 1. The van der Waals surface area contributed by atoms with Crippen LogP contribution in [-0.4, -0.2) is 40.8 Å². The summed E-state index contributed by atoms with van der Waals surface area (Å²) in [5.74, 6) is -0.556. The topological polar surface area (TPSA) is 105 Å². The van der Waals surface area contributed by atoms with Crippen molar-refractivity contribution in [3.63, 3.8) is 0 Å². The summed E-state index contributed by atoms with van der Waals surface area (Å²) < 4.78 is 0. The summed E-state index contributed by atoms with van der Waals surface area (Å²) in [6.07, 6.45) is 0.293. The predicted octanol–water partition coefficient (Wildman–Crippen LogP) is 2.35. The maximum Gasteiger partial charge on any atom is 0.270 e. The monoisotopic (exact) mass is 386 g/mol. The molecule has 0 fully saturated rings. The fourth-order valence-electron chi connectivity index (χ4n) is 2.14. The highest BCUT2D eigenvalue weighted by Gasteiger charge is 2.13. The van der Waals surface area contributed by atoms with Crippen molar-refractivity contribution in [2.24, 2.45) is 0 Å². The molecule has 0 radical (unpaired) electrons. The summed E-state index contributed by atoms with van der Waals surface area (Å²) in [4.78, 5) is 35.6. The zero-order chi connectivity index (χ0) is 20.0. The van der Waals surface area contributed by atoms with Crippen molar-refractivity contribution < 1.29 is 14.5 Å². The Hall–Kier alpha value is -3.33. The van der Waals surface area contributed by atoms with E-state index in [1.807, 2.05) is 0 Å². The van der Waals surface area contributed by atoms with Crippen molar-refractivity contribution >= 4 is 40.5 Å². The van der Waals surface area contributed by atoms with Gasteiger partial charge in [0.05, 0.1) is 11.3 Å². The van der Waals surface area contributed by atoms with Gasteiger partial charge in [-0.3, -0.25) is 25.0 Å². The lowest BCUT2D eigenvalue weighted by Crippen LogP contribution is -2.34. The second kappa shape index (κ2) is 8.86. The van der Waals surface area contributed by atoms with Gasteiger partial charge in [0.25, 0.3) is 11.6 Å². The first-order valence-electron chi connectivity index (χ1n) is 7.92. The standard InChI is InChI=1S/C18H18N4O4S/c1-21(2)16(23)10-12-6-8-14(9-7-12)19-18(27)20-17(24)13-4-3-5-15(11-13)22(25)26/h3-9,11H,10H2,1-2H3,(H2,19,20,24,27). The maximum atomic E-state index is 12.2. The van der Waals surface area contributed by atoms with Crippen LogP contribution in [0.3, 0.4) is 0 Å². The molecule has 0 atom stereocenters. The van der Waals surface area contributed by atoms with E-state index in [-0.39, 0.29) is 22.3 Å². The number of thiocarbonyl (C=S) groups is 1. The van der Waals surface area contributed by atoms with Gasteiger partial charge in [0.15, 0.2) is 5.11 Å². The molecule has 2 amide bonds. The van der Waals surface area contributed by atoms with E-state index in [2.05, 4.69) is 10.6 Å². The Bertz CT molecular complexity index is 881. The van der Waals surface area contributed by atoms with Crippen LogP contribution in [0.4, 0.5) is 11.4 Å². The molecule has 0 unspecified atom stereocenters. The molecule has 2 N–H and O–H groups in total. The van der Waals surface area contributed by atoms with Crippen LogP contribution >= 0.6 is 12.2 Å². The largest absolute Gasteiger partial charge is 0.349 e. The molecule has 0 aliphatic rings. The smallest absolute Gasteiger partial charge is 0.270 e. The van der Waals surface area contributed by atoms with E-state index in [0.29, 0.717) is 12.1 Å². The second-order valence-electron chi connectivity index (χ2n) is 5.88. The highest BCUT2D eigenvalue weighted by Crippen LogP contribution is 2.13. The van der Waals surface area contributed by atoms with Crippen molar-refractivity contribution in [1.82, 2.24) is 10.2 Å². The Morgan fingerprint density at radius 3 is 2.41 bits per heavy atom. The van der Waals surface area contributed by atoms with Crippen molar-refractivity contribution in [3.05, 3.63) is 69.8 Å². The first-order valence-corrected chi connectivity index (χ1v) is 8.33. The van der Waals surface area contributed by atoms with Gasteiger partial charge in [0.2, 0.25) is 5.91 Å². The summed E-state index contributed by atoms with van der Waals surface area (Å²) in [6.45, 7) is 0. The minimum atomic E-state index is -0.573. The van der Waals surface area contributed by atoms with Gasteiger partial charge in [-0.05, 0) is 36.0 Å². The number of hydrogen-bond donors (Lipinski definition) is 2. The van der Waals surface area contributed by atoms with Crippen LogP contribution < -0.4 is 10.6 Å². The normalized spacial score (nSPS) is 10.0. The van der Waals surface area contributed by atoms with Crippen LogP contribution in [0.2, 0.25) is 0 Å². The van der Waals surface area contributed by atoms with Crippen molar-refractivity contribution in [2.45, 2.75) is 6.42 Å². The fourth-order valence-corrected chi connectivity index (χ4v) is 2.35. The molecular formula is C18H18N4O4S. The lowest BCUT2D eigenvalue weighted by Gasteiger charge is -2.12. The maximum absolute atomic E-state index is 12.2. The molecule has 0 aliphatic heterocycles. The molecule has 0 bridgehead atoms. The van der Waals surface area contributed by atoms with Crippen molar-refractivity contribution in [1.29, 1.82) is 0 Å². The number of anilines is 1. The number of nitro benzene ring substituents is 1. The summed E-state index contributed by atoms with van der Waals surface area (Å²) >= 11 is 5.10. The molecule has 140 valence electrons. The SMILES string of the molecule is CN(C)C(=O)Cc1ccc(NC(=S)NC(=O)c2cccc([N+](=O)[O-])c2)cc1. The van der Waals surface area contributed by atoms with E-state index in [0.717, 1.165) is 5.56 Å². The van der Waals surface area contributed by atoms with Gasteiger partial charge < -0.3 is 10.2 Å². The van der Waals surface area contributed by atoms with E-state index in [9.17, 15) is 19.7 Å². The molecule has 0 spiro atoms. The number of likely N-dealkylation sites (N-methyl/N-ethyl adjacent to an activating group) is 1. The molecule has 2 rings (SSSR count). The van der Waals surface area contributed by atoms with Crippen LogP contribution in [0, 0.1) is 10.1 Å². The molecule has 9 heteroatoms. The molecule has 2 aromatic rings. The number of carbonyl (C=O) groups is 2. The Morgan fingerprint density at radius 2 is 1.81 bits per heavy atom. The summed E-state index contributed by atoms with van der Waals surface area (Å²) in [6, 6.07) is 12.4. The highest BCUT2D eigenvalue weighted by molar-refractivity contribution is 7.80. The molecule has 8 nitrogen and oxygen atoms in total. The van der Waals surface area contributed by atoms with Crippen LogP contribution in [-0.2, 0) is 11.2 Å². The van der Waals surface area contributed by atoms with E-state index in [1.165, 1.54) is 29.2 Å². The third kappa shape index (κ3) is 5.86. The van der Waals surface area contributed by atoms with E-state index >= 15 is 0 Å². The zero-order valence-electron chi connectivity index (χ0n) is 14.8. The molecule has 0 aliphatic carbocycles. The first kappa shape index (κ1) is 20.0. The van der Waals surface area contributed by atoms with Gasteiger partial charge in [-0.15, -0.1) is 0 Å². The minimum absolute atomic E-state index is 0.00421. The molecule has 0 heterocycles. The summed E-state index contributed by atoms with van der Waals surface area (Å²) in [5.41, 5.74) is 1.45. The molecule has 0 aromatic heterocycles. The van der Waals surface area contributed by atoms with E-state index in [4.69, 9.17) is 12.2 Å². The molecule has 2 aromatic carbocycles. The summed E-state index contributed by atoms with van der Waals surface area (Å²) in [7, 11) is 3.39. The zero-order valence-corrected chi connectivity index (χ0v) is 15.6. The Kier molecular flexibility index (Phi) is 6.56. The van der Waals surface area contributed by atoms with Crippen molar-refractivity contribution in [2.75, 3.05) is 19.4 Å². The lowest BCUT2D eigenvalue weighted by molar-refractivity contribution is -0.384. The van der Waals surface area contributed by atoms with Crippen LogP contribution in [0.15, 0.2) is 48.5 Å².